The summed E-state index contributed by atoms with van der Waals surface area (Å²) in [5.41, 5.74) is -3.13. The predicted molar refractivity (Wildman–Crippen MR) is 296 cm³/mol. The summed E-state index contributed by atoms with van der Waals surface area (Å²) in [6.07, 6.45) is 6.17. The van der Waals surface area contributed by atoms with Gasteiger partial charge in [-0.25, -0.2) is 19.6 Å². The van der Waals surface area contributed by atoms with Crippen molar-refractivity contribution in [2.75, 3.05) is 63.3 Å². The van der Waals surface area contributed by atoms with Crippen LogP contribution in [-0.2, 0) is 38.1 Å². The van der Waals surface area contributed by atoms with Gasteiger partial charge in [0.15, 0.2) is 34.7 Å². The normalized spacial score (nSPS) is 25.0. The van der Waals surface area contributed by atoms with Gasteiger partial charge < -0.3 is 63.5 Å². The number of rotatable bonds is 10. The Morgan fingerprint density at radius 1 is 0.926 bits per heavy atom. The van der Waals surface area contributed by atoms with E-state index >= 15 is 4.79 Å². The Kier molecular flexibility index (Phi) is 17.8. The molecule has 4 aliphatic heterocycles. The number of aromatic hydroxyl groups is 1. The molecule has 2 aromatic heterocycles. The van der Waals surface area contributed by atoms with Crippen molar-refractivity contribution in [3.05, 3.63) is 104 Å². The molecule has 23 nitrogen and oxygen atoms in total. The standard InChI is InChI=1S/C58H68N6O17/c1-28(2)25-63-17-19-64(20-18-63)36-22-38(66)45-40(23-36)80-54-46(61-45)42-43-50(70)33(7)53-44(42)55(72)58(9,81-53)78-21-14-39(75-10)30(4)52(79-34(8)65)32(6)49(69)31(5)48(68)29(3)12-11-13-35(56(73)62-47(54)51(43)71)26-76-41(67)27-77-57(74)37-24-59-15-16-60-37/h11-16,21-24,28-32,39,48-49,52,68-70,72H,17-20,25-27H2,1-10H3,(H,62,73). The van der Waals surface area contributed by atoms with Gasteiger partial charge >= 0.3 is 23.7 Å². The van der Waals surface area contributed by atoms with Crippen LogP contribution in [0.15, 0.2) is 80.9 Å². The highest BCUT2D eigenvalue weighted by Crippen LogP contribution is 2.42. The zero-order chi connectivity index (χ0) is 58.8. The first kappa shape index (κ1) is 59.1. The lowest BCUT2D eigenvalue weighted by atomic mass is 9.78. The third-order valence-corrected chi connectivity index (χ3v) is 15.1. The van der Waals surface area contributed by atoms with E-state index < -0.39 is 130 Å². The third kappa shape index (κ3) is 12.2. The number of nitrogens with zero attached hydrogens (tertiary/aromatic N) is 5. The first-order chi connectivity index (χ1) is 38.4. The molecule has 9 unspecified atom stereocenters. The van der Waals surface area contributed by atoms with Crippen LogP contribution in [-0.4, -0.2) is 147 Å². The number of aliphatic hydroxyl groups excluding tert-OH is 3. The zero-order valence-electron chi connectivity index (χ0n) is 46.8. The number of carbonyl (C=O) groups excluding carboxylic acids is 4. The summed E-state index contributed by atoms with van der Waals surface area (Å²) in [7, 11) is 1.41. The van der Waals surface area contributed by atoms with E-state index in [1.807, 2.05) is 4.90 Å². The van der Waals surface area contributed by atoms with Gasteiger partial charge in [-0.15, -0.1) is 0 Å². The number of piperazine rings is 1. The van der Waals surface area contributed by atoms with Crippen LogP contribution in [0.4, 0.5) is 11.4 Å². The SMILES string of the molecule is COC1C=COC2(C)Oc3c(C)c(O)c4c(=O)c(c5oc6cc(N7CCN(CC(C)C)CC7)cc(=O)c6nc5c4c3=C2O)NC(=O)C(COC(=O)COC(=O)c2cnccn2)=CC=CC(C)C(O)C(C)C(O)C(C)C(OC(C)=O)C1C. The number of nitrogens with one attached hydrogen (secondary N) is 1. The van der Waals surface area contributed by atoms with E-state index in [1.54, 1.807) is 33.8 Å². The number of hydrogen-bond donors (Lipinski definition) is 5. The van der Waals surface area contributed by atoms with E-state index in [4.69, 9.17) is 37.8 Å². The van der Waals surface area contributed by atoms with E-state index in [0.29, 0.717) is 24.7 Å². The van der Waals surface area contributed by atoms with Gasteiger partial charge in [0.1, 0.15) is 35.4 Å². The van der Waals surface area contributed by atoms with Crippen molar-refractivity contribution in [2.24, 2.45) is 29.6 Å². The van der Waals surface area contributed by atoms with Crippen molar-refractivity contribution < 1.29 is 72.4 Å². The second kappa shape index (κ2) is 24.4. The molecule has 1 fully saturated rings. The van der Waals surface area contributed by atoms with Crippen molar-refractivity contribution in [3.63, 3.8) is 0 Å². The highest BCUT2D eigenvalue weighted by molar-refractivity contribution is 6.17. The fourth-order valence-corrected chi connectivity index (χ4v) is 10.6. The minimum absolute atomic E-state index is 0.0386. The fourth-order valence-electron chi connectivity index (χ4n) is 10.6. The molecular formula is C58H68N6O17. The molecular weight excluding hydrogens is 1050 g/mol. The van der Waals surface area contributed by atoms with Crippen LogP contribution in [0.5, 0.6) is 11.5 Å². The summed E-state index contributed by atoms with van der Waals surface area (Å²) in [5.74, 6) is -9.84. The van der Waals surface area contributed by atoms with E-state index in [2.05, 4.69) is 34.0 Å². The number of benzene rings is 3. The number of esters is 3. The van der Waals surface area contributed by atoms with Crippen LogP contribution in [0.3, 0.4) is 0 Å². The number of carbonyl (C=O) groups is 4. The van der Waals surface area contributed by atoms with Gasteiger partial charge in [0.25, 0.3) is 5.91 Å². The van der Waals surface area contributed by atoms with Crippen LogP contribution in [0.1, 0.15) is 71.4 Å². The summed E-state index contributed by atoms with van der Waals surface area (Å²) in [6.45, 7) is 16.8. The Balaban J connectivity index is 1.32. The number of anilines is 2. The number of methoxy groups -OCH3 is 1. The second-order valence-corrected chi connectivity index (χ2v) is 21.4. The van der Waals surface area contributed by atoms with Crippen molar-refractivity contribution >= 4 is 73.9 Å². The molecule has 9 atom stereocenters. The van der Waals surface area contributed by atoms with Crippen LogP contribution in [0, 0.1) is 36.5 Å². The molecule has 1 saturated heterocycles. The topological polar surface area (TPSA) is 309 Å². The predicted octanol–water partition coefficient (Wildman–Crippen LogP) is 4.51. The van der Waals surface area contributed by atoms with E-state index in [9.17, 15) is 44.4 Å². The number of amides is 1. The molecule has 4 aliphatic rings. The molecule has 1 amide bonds. The summed E-state index contributed by atoms with van der Waals surface area (Å²) in [5, 5.41) is 49.7. The number of hydrogen-bond acceptors (Lipinski definition) is 22. The molecule has 6 heterocycles. The van der Waals surface area contributed by atoms with Crippen LogP contribution < -0.4 is 31.0 Å². The minimum Gasteiger partial charge on any atom is -0.507 e. The quantitative estimate of drug-likeness (QED) is 0.0556. The van der Waals surface area contributed by atoms with E-state index in [0.717, 1.165) is 25.8 Å². The Morgan fingerprint density at radius 3 is 2.32 bits per heavy atom. The Bertz CT molecular complexity index is 3520. The van der Waals surface area contributed by atoms with E-state index in [-0.39, 0.29) is 49.8 Å². The van der Waals surface area contributed by atoms with Gasteiger partial charge in [0.2, 0.25) is 10.9 Å². The average molecular weight is 1120 g/mol. The third-order valence-electron chi connectivity index (χ3n) is 15.1. The van der Waals surface area contributed by atoms with Crippen molar-refractivity contribution in [3.8, 4) is 11.5 Å². The largest absolute Gasteiger partial charge is 0.507 e. The van der Waals surface area contributed by atoms with Crippen molar-refractivity contribution in [1.29, 1.82) is 0 Å². The maximum Gasteiger partial charge on any atom is 0.359 e. The van der Waals surface area contributed by atoms with Gasteiger partial charge in [-0.05, 0) is 18.9 Å². The van der Waals surface area contributed by atoms with Gasteiger partial charge in [-0.3, -0.25) is 29.1 Å². The Morgan fingerprint density at radius 2 is 1.65 bits per heavy atom. The number of phenols is 1. The monoisotopic (exact) mass is 1120 g/mol. The lowest BCUT2D eigenvalue weighted by Crippen LogP contribution is -2.47. The molecule has 0 aliphatic carbocycles. The summed E-state index contributed by atoms with van der Waals surface area (Å²) >= 11 is 0. The lowest BCUT2D eigenvalue weighted by Gasteiger charge is -2.38. The maximum absolute atomic E-state index is 15.3. The molecule has 432 valence electrons. The number of aliphatic hydroxyl groups is 3. The number of ether oxygens (including phenoxy) is 6. The molecule has 9 rings (SSSR count). The fraction of sp³-hybridized carbons (Fsp3) is 0.466. The number of aromatic nitrogens is 3. The molecule has 5 aromatic rings. The molecule has 3 aromatic carbocycles. The number of allylic oxidation sites excluding steroid dienone is 2. The average Bonchev–Trinajstić information content (AvgIpc) is 3.92. The van der Waals surface area contributed by atoms with Gasteiger partial charge in [-0.1, -0.05) is 59.8 Å². The molecule has 5 N–H and O–H groups in total. The first-order valence-electron chi connectivity index (χ1n) is 26.7. The molecule has 0 radical (unpaired) electrons. The lowest BCUT2D eigenvalue weighted by molar-refractivity contribution is -0.160. The van der Waals surface area contributed by atoms with Crippen LogP contribution in [0.25, 0.3) is 38.7 Å². The van der Waals surface area contributed by atoms with Crippen LogP contribution in [0.2, 0.25) is 0 Å². The van der Waals surface area contributed by atoms with Crippen LogP contribution >= 0.6 is 0 Å². The first-order valence-corrected chi connectivity index (χ1v) is 26.7. The van der Waals surface area contributed by atoms with Crippen molar-refractivity contribution in [1.82, 2.24) is 19.9 Å². The van der Waals surface area contributed by atoms with Crippen molar-refractivity contribution in [2.45, 2.75) is 92.5 Å². The minimum atomic E-state index is -2.08. The molecule has 0 spiro atoms. The molecule has 5 bridgehead atoms. The molecule has 0 saturated carbocycles. The highest BCUT2D eigenvalue weighted by Gasteiger charge is 2.44. The summed E-state index contributed by atoms with van der Waals surface area (Å²) in [4.78, 5) is 99.5. The van der Waals surface area contributed by atoms with E-state index in [1.165, 1.54) is 76.9 Å². The Labute approximate surface area is 465 Å². The smallest absolute Gasteiger partial charge is 0.359 e. The number of phenolic OH excluding ortho intramolecular Hbond substituents is 1. The number of fused-ring (bicyclic) bond motifs is 14. The maximum atomic E-state index is 15.3. The molecule has 23 heteroatoms. The second-order valence-electron chi connectivity index (χ2n) is 21.4. The highest BCUT2D eigenvalue weighted by atomic mass is 16.7. The zero-order valence-corrected chi connectivity index (χ0v) is 46.8. The van der Waals surface area contributed by atoms with Gasteiger partial charge in [0.05, 0.1) is 46.9 Å². The summed E-state index contributed by atoms with van der Waals surface area (Å²) < 4.78 is 41.2. The van der Waals surface area contributed by atoms with Gasteiger partial charge in [-0.2, -0.15) is 0 Å². The summed E-state index contributed by atoms with van der Waals surface area (Å²) in [6, 6.07) is 3.03. The van der Waals surface area contributed by atoms with Gasteiger partial charge in [0, 0.05) is 119 Å². The molecule has 81 heavy (non-hydrogen) atoms. The Hall–Kier alpha value is -7.99.